The van der Waals surface area contributed by atoms with Crippen LogP contribution in [0.15, 0.2) is 30.3 Å². The van der Waals surface area contributed by atoms with E-state index in [4.69, 9.17) is 5.11 Å². The third-order valence-electron chi connectivity index (χ3n) is 7.84. The Hall–Kier alpha value is -2.12. The first-order chi connectivity index (χ1) is 16.1. The van der Waals surface area contributed by atoms with Gasteiger partial charge >= 0.3 is 12.0 Å². The fraction of sp³-hybridized carbons (Fsp3) is 0.692. The molecule has 2 saturated heterocycles. The minimum Gasteiger partial charge on any atom is -0.481 e. The van der Waals surface area contributed by atoms with Crippen molar-refractivity contribution < 1.29 is 14.7 Å². The second kappa shape index (κ2) is 11.8. The van der Waals surface area contributed by atoms with Crippen LogP contribution in [0.1, 0.15) is 56.9 Å². The van der Waals surface area contributed by atoms with E-state index in [1.165, 1.54) is 24.8 Å². The van der Waals surface area contributed by atoms with Crippen molar-refractivity contribution in [2.75, 3.05) is 39.3 Å². The van der Waals surface area contributed by atoms with Crippen molar-refractivity contribution in [3.8, 4) is 0 Å². The third-order valence-corrected chi connectivity index (χ3v) is 7.84. The second-order valence-corrected chi connectivity index (χ2v) is 10.1. The van der Waals surface area contributed by atoms with Crippen molar-refractivity contribution in [3.05, 3.63) is 35.9 Å². The predicted molar refractivity (Wildman–Crippen MR) is 129 cm³/mol. The standard InChI is InChI=1S/C26H40N4O3/c31-25(32)11-8-21-6-9-24(10-7-21)27-26(33)28-16-18-30(19-17-28)29-14-12-23(13-15-29)20-22-4-2-1-3-5-22/h1-5,21,23-24H,6-20H2,(H,27,33)(H,31,32). The maximum Gasteiger partial charge on any atom is 0.317 e. The lowest BCUT2D eigenvalue weighted by atomic mass is 9.83. The summed E-state index contributed by atoms with van der Waals surface area (Å²) in [5, 5.41) is 17.1. The number of carboxylic acid groups (broad SMARTS) is 1. The van der Waals surface area contributed by atoms with E-state index in [2.05, 4.69) is 45.7 Å². The minimum atomic E-state index is -0.707. The Bertz CT molecular complexity index is 750. The Morgan fingerprint density at radius 2 is 1.45 bits per heavy atom. The van der Waals surface area contributed by atoms with Gasteiger partial charge in [-0.25, -0.2) is 14.8 Å². The molecule has 0 radical (unpaired) electrons. The molecular formula is C26H40N4O3. The number of hydrogen-bond acceptors (Lipinski definition) is 4. The zero-order chi connectivity index (χ0) is 23.0. The molecule has 2 aliphatic heterocycles. The molecule has 1 aromatic rings. The van der Waals surface area contributed by atoms with Crippen molar-refractivity contribution in [2.45, 2.75) is 63.8 Å². The van der Waals surface area contributed by atoms with Crippen LogP contribution in [0.2, 0.25) is 0 Å². The molecule has 3 fully saturated rings. The first kappa shape index (κ1) is 24.0. The van der Waals surface area contributed by atoms with Crippen LogP contribution in [0, 0.1) is 11.8 Å². The van der Waals surface area contributed by atoms with Crippen LogP contribution < -0.4 is 5.32 Å². The van der Waals surface area contributed by atoms with Crippen LogP contribution in [0.4, 0.5) is 4.79 Å². The van der Waals surface area contributed by atoms with Gasteiger partial charge in [0.2, 0.25) is 0 Å². The van der Waals surface area contributed by atoms with Gasteiger partial charge in [-0.05, 0) is 68.8 Å². The van der Waals surface area contributed by atoms with Gasteiger partial charge in [-0.1, -0.05) is 30.3 Å². The van der Waals surface area contributed by atoms with Crippen molar-refractivity contribution in [1.29, 1.82) is 0 Å². The monoisotopic (exact) mass is 456 g/mol. The van der Waals surface area contributed by atoms with E-state index in [9.17, 15) is 9.59 Å². The highest BCUT2D eigenvalue weighted by atomic mass is 16.4. The van der Waals surface area contributed by atoms with E-state index in [-0.39, 0.29) is 18.5 Å². The summed E-state index contributed by atoms with van der Waals surface area (Å²) in [4.78, 5) is 25.5. The fourth-order valence-corrected chi connectivity index (χ4v) is 5.72. The molecular weight excluding hydrogens is 416 g/mol. The summed E-state index contributed by atoms with van der Waals surface area (Å²) in [6, 6.07) is 11.1. The molecule has 0 unspecified atom stereocenters. The van der Waals surface area contributed by atoms with E-state index in [1.54, 1.807) is 0 Å². The lowest BCUT2D eigenvalue weighted by Gasteiger charge is -2.44. The van der Waals surface area contributed by atoms with E-state index in [1.807, 2.05) is 4.90 Å². The van der Waals surface area contributed by atoms with Gasteiger partial charge in [-0.2, -0.15) is 0 Å². The van der Waals surface area contributed by atoms with Crippen LogP contribution in [0.3, 0.4) is 0 Å². The van der Waals surface area contributed by atoms with Crippen molar-refractivity contribution >= 4 is 12.0 Å². The summed E-state index contributed by atoms with van der Waals surface area (Å²) < 4.78 is 0. The SMILES string of the molecule is O=C(O)CCC1CCC(NC(=O)N2CCN(N3CCC(Cc4ccccc4)CC3)CC2)CC1. The number of carbonyl (C=O) groups excluding carboxylic acids is 1. The molecule has 182 valence electrons. The molecule has 1 saturated carbocycles. The molecule has 0 aromatic heterocycles. The Balaban J connectivity index is 1.12. The minimum absolute atomic E-state index is 0.0743. The lowest BCUT2D eigenvalue weighted by Crippen LogP contribution is -2.58. The van der Waals surface area contributed by atoms with Gasteiger partial charge in [-0.15, -0.1) is 0 Å². The van der Waals surface area contributed by atoms with E-state index in [0.717, 1.165) is 77.3 Å². The van der Waals surface area contributed by atoms with Gasteiger partial charge in [0.15, 0.2) is 0 Å². The summed E-state index contributed by atoms with van der Waals surface area (Å²) >= 11 is 0. The Morgan fingerprint density at radius 3 is 2.09 bits per heavy atom. The molecule has 0 spiro atoms. The fourth-order valence-electron chi connectivity index (χ4n) is 5.72. The summed E-state index contributed by atoms with van der Waals surface area (Å²) in [5.41, 5.74) is 1.45. The number of carbonyl (C=O) groups is 2. The molecule has 2 heterocycles. The number of piperidine rings is 1. The highest BCUT2D eigenvalue weighted by Gasteiger charge is 2.29. The molecule has 1 aromatic carbocycles. The summed E-state index contributed by atoms with van der Waals surface area (Å²) in [6.45, 7) is 5.63. The highest BCUT2D eigenvalue weighted by molar-refractivity contribution is 5.74. The molecule has 1 aliphatic carbocycles. The van der Waals surface area contributed by atoms with Gasteiger partial charge in [0.05, 0.1) is 0 Å². The van der Waals surface area contributed by atoms with E-state index >= 15 is 0 Å². The van der Waals surface area contributed by atoms with Crippen LogP contribution in [-0.4, -0.2) is 77.3 Å². The summed E-state index contributed by atoms with van der Waals surface area (Å²) in [6.07, 6.45) is 8.66. The number of aliphatic carboxylic acids is 1. The van der Waals surface area contributed by atoms with Crippen LogP contribution in [0.5, 0.6) is 0 Å². The molecule has 2 amide bonds. The number of benzene rings is 1. The number of rotatable bonds is 7. The number of piperazine rings is 1. The van der Waals surface area contributed by atoms with Crippen molar-refractivity contribution in [1.82, 2.24) is 20.2 Å². The third kappa shape index (κ3) is 7.18. The van der Waals surface area contributed by atoms with Gasteiger partial charge in [0, 0.05) is 51.7 Å². The maximum atomic E-state index is 12.8. The lowest BCUT2D eigenvalue weighted by molar-refractivity contribution is -0.137. The summed E-state index contributed by atoms with van der Waals surface area (Å²) in [5.74, 6) is 0.561. The molecule has 33 heavy (non-hydrogen) atoms. The molecule has 4 rings (SSSR count). The number of carboxylic acids is 1. The zero-order valence-electron chi connectivity index (χ0n) is 19.8. The largest absolute Gasteiger partial charge is 0.481 e. The number of amides is 2. The Kier molecular flexibility index (Phi) is 8.62. The van der Waals surface area contributed by atoms with Gasteiger partial charge in [-0.3, -0.25) is 4.79 Å². The molecule has 7 nitrogen and oxygen atoms in total. The zero-order valence-corrected chi connectivity index (χ0v) is 19.8. The number of nitrogens with zero attached hydrogens (tertiary/aromatic N) is 3. The Morgan fingerprint density at radius 1 is 0.818 bits per heavy atom. The highest BCUT2D eigenvalue weighted by Crippen LogP contribution is 2.28. The van der Waals surface area contributed by atoms with Gasteiger partial charge < -0.3 is 15.3 Å². The first-order valence-electron chi connectivity index (χ1n) is 12.9. The van der Waals surface area contributed by atoms with Gasteiger partial charge in [0.25, 0.3) is 0 Å². The first-order valence-corrected chi connectivity index (χ1v) is 12.9. The molecule has 0 bridgehead atoms. The average molecular weight is 457 g/mol. The maximum absolute atomic E-state index is 12.8. The van der Waals surface area contributed by atoms with Gasteiger partial charge in [0.1, 0.15) is 0 Å². The molecule has 2 N–H and O–H groups in total. The number of hydrazine groups is 1. The van der Waals surface area contributed by atoms with Crippen molar-refractivity contribution in [3.63, 3.8) is 0 Å². The number of nitrogens with one attached hydrogen (secondary N) is 1. The van der Waals surface area contributed by atoms with Crippen LogP contribution >= 0.6 is 0 Å². The van der Waals surface area contributed by atoms with Crippen LogP contribution in [-0.2, 0) is 11.2 Å². The van der Waals surface area contributed by atoms with Crippen molar-refractivity contribution in [2.24, 2.45) is 11.8 Å². The predicted octanol–water partition coefficient (Wildman–Crippen LogP) is 3.61. The van der Waals surface area contributed by atoms with E-state index in [0.29, 0.717) is 5.92 Å². The summed E-state index contributed by atoms with van der Waals surface area (Å²) in [7, 11) is 0. The second-order valence-electron chi connectivity index (χ2n) is 10.1. The van der Waals surface area contributed by atoms with Crippen LogP contribution in [0.25, 0.3) is 0 Å². The Labute approximate surface area is 198 Å². The topological polar surface area (TPSA) is 76.1 Å². The molecule has 7 heteroatoms. The molecule has 0 atom stereocenters. The number of urea groups is 1. The smallest absolute Gasteiger partial charge is 0.317 e. The normalized spacial score (nSPS) is 25.6. The average Bonchev–Trinajstić information content (AvgIpc) is 2.85. The molecule has 3 aliphatic rings. The quantitative estimate of drug-likeness (QED) is 0.656. The van der Waals surface area contributed by atoms with E-state index < -0.39 is 5.97 Å². The number of hydrogen-bond donors (Lipinski definition) is 2.